The van der Waals surface area contributed by atoms with Crippen molar-refractivity contribution in [2.75, 3.05) is 5.32 Å². The van der Waals surface area contributed by atoms with E-state index in [2.05, 4.69) is 41.6 Å². The molecule has 0 aliphatic carbocycles. The normalized spacial score (nSPS) is 10.8. The lowest BCUT2D eigenvalue weighted by Crippen LogP contribution is -2.10. The molecule has 0 saturated heterocycles. The monoisotopic (exact) mass is 435 g/mol. The van der Waals surface area contributed by atoms with Crippen LogP contribution in [0.5, 0.6) is 5.75 Å². The molecule has 0 fully saturated rings. The lowest BCUT2D eigenvalue weighted by Gasteiger charge is -2.07. The molecular formula is C24H22ClN3O3. The molecular weight excluding hydrogens is 414 g/mol. The number of furan rings is 1. The minimum Gasteiger partial charge on any atom is -0.485 e. The van der Waals surface area contributed by atoms with Crippen LogP contribution in [0.1, 0.15) is 33.0 Å². The van der Waals surface area contributed by atoms with Gasteiger partial charge in [0.25, 0.3) is 5.91 Å². The van der Waals surface area contributed by atoms with E-state index in [9.17, 15) is 4.79 Å². The largest absolute Gasteiger partial charge is 0.485 e. The van der Waals surface area contributed by atoms with E-state index in [1.54, 1.807) is 35.3 Å². The van der Waals surface area contributed by atoms with Gasteiger partial charge in [-0.25, -0.2) is 0 Å². The second-order valence-electron chi connectivity index (χ2n) is 7.33. The van der Waals surface area contributed by atoms with Gasteiger partial charge in [-0.1, -0.05) is 41.4 Å². The summed E-state index contributed by atoms with van der Waals surface area (Å²) < 4.78 is 13.2. The summed E-state index contributed by atoms with van der Waals surface area (Å²) in [6.45, 7) is 4.81. The molecule has 0 aliphatic heterocycles. The van der Waals surface area contributed by atoms with Crippen LogP contribution >= 0.6 is 11.6 Å². The van der Waals surface area contributed by atoms with Crippen molar-refractivity contribution in [2.24, 2.45) is 0 Å². The Morgan fingerprint density at radius 2 is 1.94 bits per heavy atom. The molecule has 1 N–H and O–H groups in total. The Morgan fingerprint density at radius 1 is 1.13 bits per heavy atom. The van der Waals surface area contributed by atoms with Gasteiger partial charge in [-0.2, -0.15) is 5.10 Å². The van der Waals surface area contributed by atoms with Crippen molar-refractivity contribution >= 4 is 23.2 Å². The number of rotatable bonds is 7. The Labute approximate surface area is 185 Å². The molecule has 0 saturated carbocycles. The number of hydrogen-bond acceptors (Lipinski definition) is 4. The zero-order chi connectivity index (χ0) is 21.8. The molecule has 0 atom stereocenters. The predicted octanol–water partition coefficient (Wildman–Crippen LogP) is 5.63. The molecule has 6 nitrogen and oxygen atoms in total. The third-order valence-electron chi connectivity index (χ3n) is 4.75. The minimum absolute atomic E-state index is 0.206. The van der Waals surface area contributed by atoms with Gasteiger partial charge in [-0.3, -0.25) is 9.48 Å². The number of aromatic nitrogens is 2. The maximum atomic E-state index is 12.5. The predicted molar refractivity (Wildman–Crippen MR) is 120 cm³/mol. The van der Waals surface area contributed by atoms with E-state index in [1.165, 1.54) is 5.56 Å². The summed E-state index contributed by atoms with van der Waals surface area (Å²) in [5, 5.41) is 7.77. The first kappa shape index (κ1) is 20.8. The van der Waals surface area contributed by atoms with Gasteiger partial charge in [0.15, 0.2) is 5.76 Å². The van der Waals surface area contributed by atoms with Crippen LogP contribution in [0, 0.1) is 13.8 Å². The van der Waals surface area contributed by atoms with Crippen LogP contribution in [0.3, 0.4) is 0 Å². The summed E-state index contributed by atoms with van der Waals surface area (Å²) in [6.07, 6.45) is 3.40. The highest BCUT2D eigenvalue weighted by Gasteiger charge is 2.13. The standard InChI is InChI=1S/C24H22ClN3O3/c1-16-3-5-18(6-4-16)13-28-14-20(12-26-28)27-24(29)23-10-8-21(31-23)15-30-22-9-7-19(25)11-17(22)2/h3-12,14H,13,15H2,1-2H3,(H,27,29). The van der Waals surface area contributed by atoms with Crippen LogP contribution in [-0.2, 0) is 13.2 Å². The van der Waals surface area contributed by atoms with Crippen molar-refractivity contribution in [1.29, 1.82) is 0 Å². The quantitative estimate of drug-likeness (QED) is 0.408. The van der Waals surface area contributed by atoms with E-state index in [1.807, 2.05) is 19.1 Å². The smallest absolute Gasteiger partial charge is 0.291 e. The Morgan fingerprint density at radius 3 is 2.71 bits per heavy atom. The number of carbonyl (C=O) groups excluding carboxylic acids is 1. The Kier molecular flexibility index (Phi) is 6.09. The molecule has 0 aliphatic rings. The van der Waals surface area contributed by atoms with Gasteiger partial charge in [0, 0.05) is 11.2 Å². The van der Waals surface area contributed by atoms with E-state index in [0.717, 1.165) is 11.1 Å². The van der Waals surface area contributed by atoms with Gasteiger partial charge in [-0.05, 0) is 55.3 Å². The highest BCUT2D eigenvalue weighted by atomic mass is 35.5. The maximum Gasteiger partial charge on any atom is 0.291 e. The van der Waals surface area contributed by atoms with Crippen molar-refractivity contribution in [3.05, 3.63) is 100 Å². The number of ether oxygens (including phenoxy) is 1. The molecule has 0 unspecified atom stereocenters. The molecule has 7 heteroatoms. The number of benzene rings is 2. The van der Waals surface area contributed by atoms with Crippen LogP contribution in [0.4, 0.5) is 5.69 Å². The van der Waals surface area contributed by atoms with E-state index in [0.29, 0.717) is 28.8 Å². The number of halogens is 1. The lowest BCUT2D eigenvalue weighted by molar-refractivity contribution is 0.0992. The zero-order valence-corrected chi connectivity index (χ0v) is 18.0. The Balaban J connectivity index is 1.33. The van der Waals surface area contributed by atoms with Gasteiger partial charge >= 0.3 is 0 Å². The molecule has 158 valence electrons. The molecule has 2 aromatic heterocycles. The molecule has 2 aromatic carbocycles. The number of anilines is 1. The van der Waals surface area contributed by atoms with Crippen molar-refractivity contribution in [1.82, 2.24) is 9.78 Å². The molecule has 0 bridgehead atoms. The fraction of sp³-hybridized carbons (Fsp3) is 0.167. The number of hydrogen-bond donors (Lipinski definition) is 1. The summed E-state index contributed by atoms with van der Waals surface area (Å²) in [5.41, 5.74) is 3.88. The lowest BCUT2D eigenvalue weighted by atomic mass is 10.1. The summed E-state index contributed by atoms with van der Waals surface area (Å²) in [7, 11) is 0. The molecule has 0 spiro atoms. The molecule has 4 rings (SSSR count). The van der Waals surface area contributed by atoms with Gasteiger partial charge < -0.3 is 14.5 Å². The number of carbonyl (C=O) groups is 1. The fourth-order valence-electron chi connectivity index (χ4n) is 3.09. The minimum atomic E-state index is -0.344. The van der Waals surface area contributed by atoms with Crippen molar-refractivity contribution in [3.63, 3.8) is 0 Å². The summed E-state index contributed by atoms with van der Waals surface area (Å²) in [4.78, 5) is 12.5. The highest BCUT2D eigenvalue weighted by Crippen LogP contribution is 2.23. The second kappa shape index (κ2) is 9.10. The number of nitrogens with zero attached hydrogens (tertiary/aromatic N) is 2. The third kappa shape index (κ3) is 5.35. The first-order valence-electron chi connectivity index (χ1n) is 9.83. The van der Waals surface area contributed by atoms with Gasteiger partial charge in [0.05, 0.1) is 18.4 Å². The average molecular weight is 436 g/mol. The van der Waals surface area contributed by atoms with Gasteiger partial charge in [0.2, 0.25) is 0 Å². The van der Waals surface area contributed by atoms with Crippen LogP contribution < -0.4 is 10.1 Å². The SMILES string of the molecule is Cc1ccc(Cn2cc(NC(=O)c3ccc(COc4ccc(Cl)cc4C)o3)cn2)cc1. The van der Waals surface area contributed by atoms with Crippen LogP contribution in [-0.4, -0.2) is 15.7 Å². The van der Waals surface area contributed by atoms with E-state index in [-0.39, 0.29) is 18.3 Å². The van der Waals surface area contributed by atoms with E-state index in [4.69, 9.17) is 20.8 Å². The van der Waals surface area contributed by atoms with E-state index < -0.39 is 0 Å². The van der Waals surface area contributed by atoms with Crippen molar-refractivity contribution < 1.29 is 13.9 Å². The molecule has 0 radical (unpaired) electrons. The third-order valence-corrected chi connectivity index (χ3v) is 4.98. The molecule has 31 heavy (non-hydrogen) atoms. The fourth-order valence-corrected chi connectivity index (χ4v) is 3.32. The van der Waals surface area contributed by atoms with Gasteiger partial charge in [-0.15, -0.1) is 0 Å². The summed E-state index contributed by atoms with van der Waals surface area (Å²) in [6, 6.07) is 17.0. The van der Waals surface area contributed by atoms with Crippen molar-refractivity contribution in [2.45, 2.75) is 27.0 Å². The van der Waals surface area contributed by atoms with E-state index >= 15 is 0 Å². The second-order valence-corrected chi connectivity index (χ2v) is 7.77. The average Bonchev–Trinajstić information content (AvgIpc) is 3.39. The number of aryl methyl sites for hydroxylation is 2. The first-order chi connectivity index (χ1) is 15.0. The molecule has 1 amide bonds. The van der Waals surface area contributed by atoms with Crippen molar-refractivity contribution in [3.8, 4) is 5.75 Å². The van der Waals surface area contributed by atoms with Crippen LogP contribution in [0.25, 0.3) is 0 Å². The topological polar surface area (TPSA) is 69.3 Å². The molecule has 4 aromatic rings. The number of amides is 1. The first-order valence-corrected chi connectivity index (χ1v) is 10.2. The Hall–Kier alpha value is -3.51. The summed E-state index contributed by atoms with van der Waals surface area (Å²) >= 11 is 5.96. The van der Waals surface area contributed by atoms with Crippen LogP contribution in [0.2, 0.25) is 5.02 Å². The summed E-state index contributed by atoms with van der Waals surface area (Å²) in [5.74, 6) is 1.13. The highest BCUT2D eigenvalue weighted by molar-refractivity contribution is 6.30. The van der Waals surface area contributed by atoms with Crippen LogP contribution in [0.15, 0.2) is 71.4 Å². The number of nitrogens with one attached hydrogen (secondary N) is 1. The van der Waals surface area contributed by atoms with Gasteiger partial charge in [0.1, 0.15) is 18.1 Å². The zero-order valence-electron chi connectivity index (χ0n) is 17.3. The Bertz CT molecular complexity index is 1200. The maximum absolute atomic E-state index is 12.5. The molecule has 2 heterocycles.